The Morgan fingerprint density at radius 2 is 1.89 bits per heavy atom. The van der Waals surface area contributed by atoms with Crippen molar-refractivity contribution in [3.8, 4) is 0 Å². The van der Waals surface area contributed by atoms with E-state index in [9.17, 15) is 9.59 Å². The van der Waals surface area contributed by atoms with Gasteiger partial charge in [-0.3, -0.25) is 9.59 Å². The Balaban J connectivity index is 1.62. The second-order valence-electron chi connectivity index (χ2n) is 8.15. The van der Waals surface area contributed by atoms with Gasteiger partial charge in [0.05, 0.1) is 6.42 Å². The van der Waals surface area contributed by atoms with Crippen LogP contribution in [-0.4, -0.2) is 36.5 Å². The topological polar surface area (TPSA) is 70.2 Å². The molecule has 1 aliphatic heterocycles. The van der Waals surface area contributed by atoms with E-state index in [0.29, 0.717) is 0 Å². The summed E-state index contributed by atoms with van der Waals surface area (Å²) in [5, 5.41) is 11.7. The van der Waals surface area contributed by atoms with Crippen molar-refractivity contribution >= 4 is 22.6 Å². The molecule has 5 heteroatoms. The predicted octanol–water partition coefficient (Wildman–Crippen LogP) is 2.78. The van der Waals surface area contributed by atoms with Crippen molar-refractivity contribution in [2.24, 2.45) is 5.92 Å². The van der Waals surface area contributed by atoms with Crippen LogP contribution in [0.4, 0.5) is 0 Å². The number of hydrogen-bond donors (Lipinski definition) is 3. The summed E-state index contributed by atoms with van der Waals surface area (Å²) in [5.41, 5.74) is 0.948. The Hall–Kier alpha value is -2.40. The summed E-state index contributed by atoms with van der Waals surface area (Å²) in [6, 6.07) is 14.0. The Morgan fingerprint density at radius 1 is 1.14 bits per heavy atom. The third-order valence-corrected chi connectivity index (χ3v) is 5.53. The first-order valence-corrected chi connectivity index (χ1v) is 10.2. The minimum atomic E-state index is -0.526. The Morgan fingerprint density at radius 3 is 2.61 bits per heavy atom. The first-order valence-electron chi connectivity index (χ1n) is 10.2. The van der Waals surface area contributed by atoms with Crippen molar-refractivity contribution in [3.63, 3.8) is 0 Å². The van der Waals surface area contributed by atoms with Gasteiger partial charge in [-0.1, -0.05) is 56.3 Å². The molecular weight excluding hydrogens is 350 g/mol. The van der Waals surface area contributed by atoms with Gasteiger partial charge in [-0.05, 0) is 48.6 Å². The van der Waals surface area contributed by atoms with E-state index in [1.165, 1.54) is 0 Å². The van der Waals surface area contributed by atoms with Crippen LogP contribution in [0.3, 0.4) is 0 Å². The highest BCUT2D eigenvalue weighted by atomic mass is 16.2. The van der Waals surface area contributed by atoms with E-state index >= 15 is 0 Å². The maximum absolute atomic E-state index is 12.8. The largest absolute Gasteiger partial charge is 0.350 e. The minimum absolute atomic E-state index is 0.0207. The molecule has 2 amide bonds. The number of carbonyl (C=O) groups is 2. The van der Waals surface area contributed by atoms with Crippen LogP contribution in [0, 0.1) is 5.92 Å². The molecule has 0 aliphatic carbocycles. The van der Waals surface area contributed by atoms with Gasteiger partial charge in [0.15, 0.2) is 0 Å². The Kier molecular flexibility index (Phi) is 6.68. The van der Waals surface area contributed by atoms with E-state index in [4.69, 9.17) is 0 Å². The van der Waals surface area contributed by atoms with Crippen LogP contribution < -0.4 is 16.0 Å². The summed E-state index contributed by atoms with van der Waals surface area (Å²) >= 11 is 0. The molecule has 0 aromatic heterocycles. The third-order valence-electron chi connectivity index (χ3n) is 5.53. The number of benzene rings is 2. The van der Waals surface area contributed by atoms with E-state index in [-0.39, 0.29) is 36.2 Å². The number of hydrogen-bond acceptors (Lipinski definition) is 3. The second kappa shape index (κ2) is 9.20. The number of rotatable bonds is 6. The van der Waals surface area contributed by atoms with E-state index in [1.807, 2.05) is 50.2 Å². The lowest BCUT2D eigenvalue weighted by atomic mass is 9.97. The number of piperidine rings is 1. The molecule has 1 aliphatic rings. The van der Waals surface area contributed by atoms with Crippen molar-refractivity contribution in [2.75, 3.05) is 6.54 Å². The van der Waals surface area contributed by atoms with Gasteiger partial charge in [-0.15, -0.1) is 0 Å². The van der Waals surface area contributed by atoms with Crippen molar-refractivity contribution in [1.82, 2.24) is 16.0 Å². The second-order valence-corrected chi connectivity index (χ2v) is 8.15. The minimum Gasteiger partial charge on any atom is -0.350 e. The van der Waals surface area contributed by atoms with Gasteiger partial charge in [-0.2, -0.15) is 0 Å². The van der Waals surface area contributed by atoms with Crippen LogP contribution in [-0.2, 0) is 16.0 Å². The summed E-state index contributed by atoms with van der Waals surface area (Å²) in [6.45, 7) is 7.00. The zero-order chi connectivity index (χ0) is 20.1. The Bertz CT molecular complexity index is 833. The molecule has 28 heavy (non-hydrogen) atoms. The number of nitrogens with one attached hydrogen (secondary N) is 3. The van der Waals surface area contributed by atoms with Crippen LogP contribution in [0.2, 0.25) is 0 Å². The molecule has 0 saturated carbocycles. The van der Waals surface area contributed by atoms with E-state index in [2.05, 4.69) is 28.9 Å². The molecule has 0 bridgehead atoms. The molecule has 3 unspecified atom stereocenters. The van der Waals surface area contributed by atoms with Gasteiger partial charge in [-0.25, -0.2) is 0 Å². The number of carbonyl (C=O) groups excluding carboxylic acids is 2. The van der Waals surface area contributed by atoms with Gasteiger partial charge in [0.2, 0.25) is 11.8 Å². The van der Waals surface area contributed by atoms with Gasteiger partial charge in [0.1, 0.15) is 6.04 Å². The highest BCUT2D eigenvalue weighted by Crippen LogP contribution is 2.16. The maximum Gasteiger partial charge on any atom is 0.243 e. The highest BCUT2D eigenvalue weighted by Gasteiger charge is 2.29. The molecule has 3 rings (SSSR count). The monoisotopic (exact) mass is 381 g/mol. The van der Waals surface area contributed by atoms with Gasteiger partial charge < -0.3 is 16.0 Å². The smallest absolute Gasteiger partial charge is 0.243 e. The predicted molar refractivity (Wildman–Crippen MR) is 113 cm³/mol. The molecule has 3 N–H and O–H groups in total. The summed E-state index contributed by atoms with van der Waals surface area (Å²) in [6.07, 6.45) is 2.29. The maximum atomic E-state index is 12.8. The molecule has 5 nitrogen and oxygen atoms in total. The molecule has 1 fully saturated rings. The molecule has 150 valence electrons. The van der Waals surface area contributed by atoms with E-state index < -0.39 is 6.04 Å². The van der Waals surface area contributed by atoms with E-state index in [0.717, 1.165) is 35.7 Å². The van der Waals surface area contributed by atoms with Gasteiger partial charge >= 0.3 is 0 Å². The van der Waals surface area contributed by atoms with Crippen molar-refractivity contribution < 1.29 is 9.59 Å². The molecule has 2 aromatic carbocycles. The zero-order valence-corrected chi connectivity index (χ0v) is 17.0. The standard InChI is InChI=1S/C23H31N3O2/c1-15(2)22(23(28)25-20-9-6-12-24-16(20)3)26-21(27)14-17-10-11-18-7-4-5-8-19(18)13-17/h4-5,7-8,10-11,13,15-16,20,22,24H,6,9,12,14H2,1-3H3,(H,25,28)(H,26,27). The fourth-order valence-electron chi connectivity index (χ4n) is 3.81. The van der Waals surface area contributed by atoms with Gasteiger partial charge in [0, 0.05) is 12.1 Å². The third kappa shape index (κ3) is 5.10. The van der Waals surface area contributed by atoms with Crippen molar-refractivity contribution in [3.05, 3.63) is 48.0 Å². The lowest BCUT2D eigenvalue weighted by Crippen LogP contribution is -2.57. The summed E-state index contributed by atoms with van der Waals surface area (Å²) in [5.74, 6) is -0.200. The molecule has 2 aromatic rings. The van der Waals surface area contributed by atoms with Crippen LogP contribution in [0.5, 0.6) is 0 Å². The molecule has 0 spiro atoms. The van der Waals surface area contributed by atoms with Crippen molar-refractivity contribution in [2.45, 2.75) is 58.2 Å². The Labute approximate surface area is 167 Å². The zero-order valence-electron chi connectivity index (χ0n) is 17.0. The van der Waals surface area contributed by atoms with Crippen LogP contribution in [0.15, 0.2) is 42.5 Å². The molecule has 1 heterocycles. The normalized spacial score (nSPS) is 20.7. The lowest BCUT2D eigenvalue weighted by molar-refractivity contribution is -0.130. The number of fused-ring (bicyclic) bond motifs is 1. The molecule has 3 atom stereocenters. The first-order chi connectivity index (χ1) is 13.4. The van der Waals surface area contributed by atoms with E-state index in [1.54, 1.807) is 0 Å². The molecule has 1 saturated heterocycles. The van der Waals surface area contributed by atoms with Gasteiger partial charge in [0.25, 0.3) is 0 Å². The SMILES string of the molecule is CC(C)C(NC(=O)Cc1ccc2ccccc2c1)C(=O)NC1CCCNC1C. The lowest BCUT2D eigenvalue weighted by Gasteiger charge is -2.32. The van der Waals surface area contributed by atoms with Crippen LogP contribution in [0.25, 0.3) is 10.8 Å². The molecular formula is C23H31N3O2. The van der Waals surface area contributed by atoms with Crippen molar-refractivity contribution in [1.29, 1.82) is 0 Å². The van der Waals surface area contributed by atoms with Crippen LogP contribution >= 0.6 is 0 Å². The average molecular weight is 382 g/mol. The summed E-state index contributed by atoms with van der Waals surface area (Å²) < 4.78 is 0. The molecule has 0 radical (unpaired) electrons. The first kappa shape index (κ1) is 20.3. The fourth-order valence-corrected chi connectivity index (χ4v) is 3.81. The number of amides is 2. The summed E-state index contributed by atoms with van der Waals surface area (Å²) in [4.78, 5) is 25.4. The fraction of sp³-hybridized carbons (Fsp3) is 0.478. The quantitative estimate of drug-likeness (QED) is 0.721. The van der Waals surface area contributed by atoms with Crippen LogP contribution in [0.1, 0.15) is 39.2 Å². The summed E-state index contributed by atoms with van der Waals surface area (Å²) in [7, 11) is 0. The average Bonchev–Trinajstić information content (AvgIpc) is 2.67. The highest BCUT2D eigenvalue weighted by molar-refractivity contribution is 5.90.